The quantitative estimate of drug-likeness (QED) is 0.258. The second-order valence-corrected chi connectivity index (χ2v) is 7.99. The molecule has 0 spiro atoms. The lowest BCUT2D eigenvalue weighted by molar-refractivity contribution is -0.118. The van der Waals surface area contributed by atoms with Crippen molar-refractivity contribution in [2.75, 3.05) is 5.75 Å². The van der Waals surface area contributed by atoms with Crippen molar-refractivity contribution in [3.63, 3.8) is 0 Å². The van der Waals surface area contributed by atoms with E-state index in [0.717, 1.165) is 32.9 Å². The zero-order valence-corrected chi connectivity index (χ0v) is 17.1. The first kappa shape index (κ1) is 19.2. The van der Waals surface area contributed by atoms with Crippen LogP contribution in [-0.2, 0) is 10.5 Å². The summed E-state index contributed by atoms with van der Waals surface area (Å²) in [6.07, 6.45) is 1.76. The molecule has 0 bridgehead atoms. The molecular formula is C25H22N2OS. The van der Waals surface area contributed by atoms with Crippen LogP contribution < -0.4 is 5.43 Å². The lowest BCUT2D eigenvalue weighted by atomic mass is 9.97. The van der Waals surface area contributed by atoms with Crippen LogP contribution in [0.15, 0.2) is 84.0 Å². The molecule has 0 aliphatic rings. The van der Waals surface area contributed by atoms with Gasteiger partial charge in [0.1, 0.15) is 0 Å². The van der Waals surface area contributed by atoms with E-state index in [4.69, 9.17) is 0 Å². The molecule has 4 aromatic rings. The van der Waals surface area contributed by atoms with Crippen molar-refractivity contribution in [3.8, 4) is 0 Å². The first-order valence-corrected chi connectivity index (χ1v) is 10.7. The second kappa shape index (κ2) is 8.93. The molecule has 0 fully saturated rings. The highest BCUT2D eigenvalue weighted by molar-refractivity contribution is 7.99. The molecule has 3 nitrogen and oxygen atoms in total. The number of nitrogens with one attached hydrogen (secondary N) is 1. The molecule has 0 saturated heterocycles. The first-order valence-electron chi connectivity index (χ1n) is 9.56. The highest BCUT2D eigenvalue weighted by Crippen LogP contribution is 2.27. The van der Waals surface area contributed by atoms with Crippen LogP contribution in [0.25, 0.3) is 21.5 Å². The summed E-state index contributed by atoms with van der Waals surface area (Å²) in [5.41, 5.74) is 6.15. The smallest absolute Gasteiger partial charge is 0.250 e. The predicted molar refractivity (Wildman–Crippen MR) is 125 cm³/mol. The largest absolute Gasteiger partial charge is 0.272 e. The fourth-order valence-electron chi connectivity index (χ4n) is 3.33. The van der Waals surface area contributed by atoms with E-state index < -0.39 is 0 Å². The third-order valence-corrected chi connectivity index (χ3v) is 5.82. The van der Waals surface area contributed by atoms with Crippen LogP contribution in [0.4, 0.5) is 0 Å². The van der Waals surface area contributed by atoms with E-state index in [9.17, 15) is 4.79 Å². The Hall–Kier alpha value is -3.11. The summed E-state index contributed by atoms with van der Waals surface area (Å²) in [5, 5.41) is 8.81. The Balaban J connectivity index is 1.44. The standard InChI is InChI=1S/C25H22N2OS/c1-18-10-12-19(13-11-18)16-29-17-25(28)27-26-15-24-22-8-4-2-6-20(22)14-21-7-3-5-9-23(21)24/h2-15H,16-17H2,1H3,(H,27,28)/b26-15-. The van der Waals surface area contributed by atoms with E-state index in [1.54, 1.807) is 18.0 Å². The van der Waals surface area contributed by atoms with Gasteiger partial charge in [0.25, 0.3) is 0 Å². The average Bonchev–Trinajstić information content (AvgIpc) is 2.74. The lowest BCUT2D eigenvalue weighted by Crippen LogP contribution is -2.19. The number of hydrogen-bond acceptors (Lipinski definition) is 3. The Kier molecular flexibility index (Phi) is 5.92. The van der Waals surface area contributed by atoms with Gasteiger partial charge in [0.05, 0.1) is 12.0 Å². The van der Waals surface area contributed by atoms with Crippen LogP contribution in [0.3, 0.4) is 0 Å². The fourth-order valence-corrected chi connectivity index (χ4v) is 4.12. The zero-order chi connectivity index (χ0) is 20.1. The number of hydrogen-bond donors (Lipinski definition) is 1. The molecule has 1 amide bonds. The number of fused-ring (bicyclic) bond motifs is 2. The van der Waals surface area contributed by atoms with E-state index >= 15 is 0 Å². The van der Waals surface area contributed by atoms with E-state index in [1.165, 1.54) is 11.1 Å². The van der Waals surface area contributed by atoms with Crippen LogP contribution in [-0.4, -0.2) is 17.9 Å². The maximum absolute atomic E-state index is 12.2. The van der Waals surface area contributed by atoms with Crippen LogP contribution in [0.5, 0.6) is 0 Å². The van der Waals surface area contributed by atoms with Crippen LogP contribution in [0.1, 0.15) is 16.7 Å². The number of rotatable bonds is 6. The van der Waals surface area contributed by atoms with Gasteiger partial charge >= 0.3 is 0 Å². The third kappa shape index (κ3) is 4.66. The van der Waals surface area contributed by atoms with Crippen molar-refractivity contribution >= 4 is 45.4 Å². The Bertz CT molecular complexity index is 1130. The van der Waals surface area contributed by atoms with Gasteiger partial charge < -0.3 is 0 Å². The number of carbonyl (C=O) groups is 1. The Labute approximate surface area is 174 Å². The van der Waals surface area contributed by atoms with Crippen LogP contribution in [0, 0.1) is 6.92 Å². The molecule has 0 atom stereocenters. The molecule has 0 unspecified atom stereocenters. The molecule has 0 radical (unpaired) electrons. The van der Waals surface area contributed by atoms with Gasteiger partial charge in [0.15, 0.2) is 0 Å². The minimum absolute atomic E-state index is 0.0945. The maximum Gasteiger partial charge on any atom is 0.250 e. The molecule has 4 heteroatoms. The predicted octanol–water partition coefficient (Wildman–Crippen LogP) is 5.68. The summed E-state index contributed by atoms with van der Waals surface area (Å²) in [5.74, 6) is 1.09. The normalized spacial score (nSPS) is 11.3. The van der Waals surface area contributed by atoms with E-state index in [0.29, 0.717) is 5.75 Å². The van der Waals surface area contributed by atoms with Gasteiger partial charge in [-0.15, -0.1) is 11.8 Å². The van der Waals surface area contributed by atoms with Crippen molar-refractivity contribution < 1.29 is 4.79 Å². The number of hydrazone groups is 1. The molecule has 4 aromatic carbocycles. The molecule has 0 saturated carbocycles. The summed E-state index contributed by atoms with van der Waals surface area (Å²) in [7, 11) is 0. The van der Waals surface area contributed by atoms with Gasteiger partial charge in [0.2, 0.25) is 5.91 Å². The molecule has 4 rings (SSSR count). The summed E-state index contributed by atoms with van der Waals surface area (Å²) in [4.78, 5) is 12.2. The molecule has 0 aliphatic heterocycles. The molecular weight excluding hydrogens is 376 g/mol. The second-order valence-electron chi connectivity index (χ2n) is 7.00. The Morgan fingerprint density at radius 3 is 2.21 bits per heavy atom. The molecule has 144 valence electrons. The minimum Gasteiger partial charge on any atom is -0.272 e. The van der Waals surface area contributed by atoms with Crippen molar-refractivity contribution in [1.82, 2.24) is 5.43 Å². The summed E-state index contributed by atoms with van der Waals surface area (Å²) >= 11 is 1.59. The number of thioether (sulfide) groups is 1. The Morgan fingerprint density at radius 2 is 1.55 bits per heavy atom. The SMILES string of the molecule is Cc1ccc(CSCC(=O)N/N=C\c2c3ccccc3cc3ccccc23)cc1. The van der Waals surface area contributed by atoms with Gasteiger partial charge in [-0.3, -0.25) is 4.79 Å². The van der Waals surface area contributed by atoms with Crippen molar-refractivity contribution in [1.29, 1.82) is 0 Å². The minimum atomic E-state index is -0.0945. The highest BCUT2D eigenvalue weighted by atomic mass is 32.2. The maximum atomic E-state index is 12.2. The topological polar surface area (TPSA) is 41.5 Å². The zero-order valence-electron chi connectivity index (χ0n) is 16.3. The van der Waals surface area contributed by atoms with E-state index in [2.05, 4.69) is 72.0 Å². The first-order chi connectivity index (χ1) is 14.2. The monoisotopic (exact) mass is 398 g/mol. The third-order valence-electron chi connectivity index (χ3n) is 4.82. The van der Waals surface area contributed by atoms with Crippen molar-refractivity contribution in [2.45, 2.75) is 12.7 Å². The summed E-state index contributed by atoms with van der Waals surface area (Å²) in [6.45, 7) is 2.07. The van der Waals surface area contributed by atoms with E-state index in [-0.39, 0.29) is 5.91 Å². The molecule has 1 N–H and O–H groups in total. The van der Waals surface area contributed by atoms with Crippen molar-refractivity contribution in [3.05, 3.63) is 95.6 Å². The van der Waals surface area contributed by atoms with E-state index in [1.807, 2.05) is 24.3 Å². The van der Waals surface area contributed by atoms with Gasteiger partial charge in [-0.1, -0.05) is 78.4 Å². The van der Waals surface area contributed by atoms with Gasteiger partial charge in [-0.2, -0.15) is 5.10 Å². The van der Waals surface area contributed by atoms with Crippen molar-refractivity contribution in [2.24, 2.45) is 5.10 Å². The number of carbonyl (C=O) groups excluding carboxylic acids is 1. The van der Waals surface area contributed by atoms with Crippen LogP contribution in [0.2, 0.25) is 0 Å². The number of nitrogens with zero attached hydrogens (tertiary/aromatic N) is 1. The molecule has 0 heterocycles. The number of amides is 1. The Morgan fingerprint density at radius 1 is 0.931 bits per heavy atom. The fraction of sp³-hybridized carbons (Fsp3) is 0.120. The number of benzene rings is 4. The van der Waals surface area contributed by atoms with Gasteiger partial charge in [-0.05, 0) is 40.1 Å². The van der Waals surface area contributed by atoms with Gasteiger partial charge in [0, 0.05) is 11.3 Å². The molecule has 0 aromatic heterocycles. The average molecular weight is 399 g/mol. The van der Waals surface area contributed by atoms with Gasteiger partial charge in [-0.25, -0.2) is 5.43 Å². The molecule has 29 heavy (non-hydrogen) atoms. The summed E-state index contributed by atoms with van der Waals surface area (Å²) in [6, 6.07) is 27.0. The highest BCUT2D eigenvalue weighted by Gasteiger charge is 2.06. The number of aryl methyl sites for hydroxylation is 1. The summed E-state index contributed by atoms with van der Waals surface area (Å²) < 4.78 is 0. The lowest BCUT2D eigenvalue weighted by Gasteiger charge is -2.08. The van der Waals surface area contributed by atoms with Crippen LogP contribution >= 0.6 is 11.8 Å². The molecule has 0 aliphatic carbocycles.